The van der Waals surface area contributed by atoms with Crippen LogP contribution in [-0.4, -0.2) is 8.07 Å². The molecule has 0 aromatic rings. The van der Waals surface area contributed by atoms with Gasteiger partial charge < -0.3 is 0 Å². The van der Waals surface area contributed by atoms with Crippen LogP contribution in [0.2, 0.25) is 24.7 Å². The number of fused-ring (bicyclic) bond motifs is 1. The van der Waals surface area contributed by atoms with Crippen molar-refractivity contribution in [3.63, 3.8) is 0 Å². The topological polar surface area (TPSA) is 0 Å². The molecule has 2 aliphatic carbocycles. The van der Waals surface area contributed by atoms with Crippen LogP contribution in [0.3, 0.4) is 0 Å². The van der Waals surface area contributed by atoms with Gasteiger partial charge in [0, 0.05) is 0 Å². The molecule has 0 radical (unpaired) electrons. The maximum Gasteiger partial charge on any atom is 0.0510 e. The molecule has 0 aromatic heterocycles. The highest BCUT2D eigenvalue weighted by molar-refractivity contribution is 6.79. The van der Waals surface area contributed by atoms with E-state index in [1.54, 1.807) is 0 Å². The minimum absolute atomic E-state index is 0.908. The SMILES string of the molecule is CCC[Si](C)(C)C1C2C(C)C(C)C(C)C(C)C2C(C)[C@@H]1C. The molecular formula is C20H40Si. The van der Waals surface area contributed by atoms with Crippen LogP contribution in [-0.2, 0) is 0 Å². The second kappa shape index (κ2) is 6.02. The Hall–Kier alpha value is 0.217. The molecular weight excluding hydrogens is 268 g/mol. The van der Waals surface area contributed by atoms with Crippen LogP contribution in [0.1, 0.15) is 54.9 Å². The van der Waals surface area contributed by atoms with E-state index >= 15 is 0 Å². The highest BCUT2D eigenvalue weighted by Crippen LogP contribution is 2.64. The molecule has 9 atom stereocenters. The average Bonchev–Trinajstić information content (AvgIpc) is 2.67. The van der Waals surface area contributed by atoms with Gasteiger partial charge in [-0.15, -0.1) is 0 Å². The van der Waals surface area contributed by atoms with E-state index in [0.717, 1.165) is 52.9 Å². The van der Waals surface area contributed by atoms with Crippen LogP contribution in [0.15, 0.2) is 0 Å². The van der Waals surface area contributed by atoms with E-state index in [1.807, 2.05) is 0 Å². The van der Waals surface area contributed by atoms with Gasteiger partial charge in [0.05, 0.1) is 8.07 Å². The van der Waals surface area contributed by atoms with Crippen molar-refractivity contribution in [2.45, 2.75) is 79.6 Å². The molecule has 0 nitrogen and oxygen atoms in total. The lowest BCUT2D eigenvalue weighted by atomic mass is 9.58. The maximum atomic E-state index is 2.70. The van der Waals surface area contributed by atoms with Gasteiger partial charge in [0.25, 0.3) is 0 Å². The van der Waals surface area contributed by atoms with Crippen molar-refractivity contribution in [3.05, 3.63) is 0 Å². The first-order chi connectivity index (χ1) is 9.65. The largest absolute Gasteiger partial charge is 0.0691 e. The third kappa shape index (κ3) is 2.66. The monoisotopic (exact) mass is 308 g/mol. The van der Waals surface area contributed by atoms with Gasteiger partial charge >= 0.3 is 0 Å². The molecule has 0 amide bonds. The van der Waals surface area contributed by atoms with Crippen molar-refractivity contribution in [2.24, 2.45) is 47.3 Å². The van der Waals surface area contributed by atoms with Gasteiger partial charge in [0.1, 0.15) is 0 Å². The Morgan fingerprint density at radius 3 is 1.52 bits per heavy atom. The standard InChI is InChI=1S/C20H40Si/c1-10-11-21(8,9)20-17(7)16(6)18-14(4)12(2)13(3)15(5)19(18)20/h12-20H,10-11H2,1-9H3/t12?,13?,14?,15?,16?,17-,18?,19?,20?/m0/s1. The molecule has 0 heterocycles. The van der Waals surface area contributed by atoms with Crippen LogP contribution in [0.5, 0.6) is 0 Å². The first kappa shape index (κ1) is 17.6. The maximum absolute atomic E-state index is 2.70. The third-order valence-corrected chi connectivity index (χ3v) is 12.9. The summed E-state index contributed by atoms with van der Waals surface area (Å²) in [5, 5.41) is 0. The van der Waals surface area contributed by atoms with E-state index in [0.29, 0.717) is 0 Å². The van der Waals surface area contributed by atoms with Gasteiger partial charge in [-0.2, -0.15) is 0 Å². The molecule has 0 aliphatic heterocycles. The average molecular weight is 309 g/mol. The van der Waals surface area contributed by atoms with Crippen molar-refractivity contribution in [1.82, 2.24) is 0 Å². The van der Waals surface area contributed by atoms with Crippen LogP contribution in [0, 0.1) is 47.3 Å². The summed E-state index contributed by atoms with van der Waals surface area (Å²) >= 11 is 0. The van der Waals surface area contributed by atoms with E-state index in [2.05, 4.69) is 61.6 Å². The number of hydrogen-bond acceptors (Lipinski definition) is 0. The molecule has 1 heteroatoms. The summed E-state index contributed by atoms with van der Waals surface area (Å²) in [6.07, 6.45) is 1.39. The normalized spacial score (nSPS) is 51.0. The fraction of sp³-hybridized carbons (Fsp3) is 1.00. The second-order valence-electron chi connectivity index (χ2n) is 9.57. The van der Waals surface area contributed by atoms with Crippen LogP contribution < -0.4 is 0 Å². The van der Waals surface area contributed by atoms with Gasteiger partial charge in [-0.05, 0) is 52.9 Å². The molecule has 21 heavy (non-hydrogen) atoms. The molecule has 2 rings (SSSR count). The van der Waals surface area contributed by atoms with Gasteiger partial charge in [0.15, 0.2) is 0 Å². The summed E-state index contributed by atoms with van der Waals surface area (Å²) < 4.78 is 0. The molecule has 2 aliphatic rings. The van der Waals surface area contributed by atoms with Crippen molar-refractivity contribution in [2.75, 3.05) is 0 Å². The minimum Gasteiger partial charge on any atom is -0.0691 e. The highest BCUT2D eigenvalue weighted by Gasteiger charge is 2.58. The Morgan fingerprint density at radius 2 is 1.05 bits per heavy atom. The summed E-state index contributed by atoms with van der Waals surface area (Å²) in [4.78, 5) is 0. The zero-order chi connectivity index (χ0) is 16.1. The summed E-state index contributed by atoms with van der Waals surface area (Å²) in [7, 11) is -1.11. The molecule has 2 fully saturated rings. The lowest BCUT2D eigenvalue weighted by Gasteiger charge is -2.50. The van der Waals surface area contributed by atoms with E-state index < -0.39 is 8.07 Å². The molecule has 0 N–H and O–H groups in total. The molecule has 124 valence electrons. The van der Waals surface area contributed by atoms with E-state index in [4.69, 9.17) is 0 Å². The Labute approximate surface area is 135 Å². The molecule has 0 aromatic carbocycles. The van der Waals surface area contributed by atoms with Crippen molar-refractivity contribution in [3.8, 4) is 0 Å². The van der Waals surface area contributed by atoms with Crippen molar-refractivity contribution >= 4 is 8.07 Å². The zero-order valence-electron chi connectivity index (χ0n) is 16.1. The summed E-state index contributed by atoms with van der Waals surface area (Å²) in [6, 6.07) is 1.53. The quantitative estimate of drug-likeness (QED) is 0.518. The molecule has 0 spiro atoms. The first-order valence-corrected chi connectivity index (χ1v) is 12.9. The fourth-order valence-corrected chi connectivity index (χ4v) is 11.7. The predicted octanol–water partition coefficient (Wildman–Crippen LogP) is 6.55. The predicted molar refractivity (Wildman–Crippen MR) is 98.3 cm³/mol. The zero-order valence-corrected chi connectivity index (χ0v) is 17.1. The minimum atomic E-state index is -1.11. The number of rotatable bonds is 3. The summed E-state index contributed by atoms with van der Waals surface area (Å²) in [5.41, 5.74) is 1.06. The lowest BCUT2D eigenvalue weighted by Crippen LogP contribution is -2.46. The smallest absolute Gasteiger partial charge is 0.0510 e. The molecule has 0 bridgehead atoms. The Kier molecular flexibility index (Phi) is 5.04. The molecule has 8 unspecified atom stereocenters. The second-order valence-corrected chi connectivity index (χ2v) is 14.7. The summed E-state index contributed by atoms with van der Waals surface area (Å²) in [6.45, 7) is 23.2. The van der Waals surface area contributed by atoms with E-state index in [-0.39, 0.29) is 0 Å². The highest BCUT2D eigenvalue weighted by atomic mass is 28.3. The van der Waals surface area contributed by atoms with Gasteiger partial charge in [-0.1, -0.05) is 74.0 Å². The van der Waals surface area contributed by atoms with Gasteiger partial charge in [-0.25, -0.2) is 0 Å². The molecule has 0 saturated heterocycles. The summed E-state index contributed by atoms with van der Waals surface area (Å²) in [5.74, 6) is 7.58. The van der Waals surface area contributed by atoms with Gasteiger partial charge in [0.2, 0.25) is 0 Å². The van der Waals surface area contributed by atoms with E-state index in [9.17, 15) is 0 Å². The Morgan fingerprint density at radius 1 is 0.619 bits per heavy atom. The Bertz CT molecular complexity index is 361. The molecule has 2 saturated carbocycles. The third-order valence-electron chi connectivity index (χ3n) is 8.36. The first-order valence-electron chi connectivity index (χ1n) is 9.65. The van der Waals surface area contributed by atoms with Crippen molar-refractivity contribution < 1.29 is 0 Å². The van der Waals surface area contributed by atoms with E-state index in [1.165, 1.54) is 12.5 Å². The van der Waals surface area contributed by atoms with Crippen LogP contribution >= 0.6 is 0 Å². The lowest BCUT2D eigenvalue weighted by molar-refractivity contribution is 0.0137. The van der Waals surface area contributed by atoms with Crippen LogP contribution in [0.25, 0.3) is 0 Å². The Balaban J connectivity index is 2.40. The van der Waals surface area contributed by atoms with Crippen molar-refractivity contribution in [1.29, 1.82) is 0 Å². The van der Waals surface area contributed by atoms with Crippen LogP contribution in [0.4, 0.5) is 0 Å². The van der Waals surface area contributed by atoms with Gasteiger partial charge in [-0.3, -0.25) is 0 Å². The number of hydrogen-bond donors (Lipinski definition) is 0. The fourth-order valence-electron chi connectivity index (χ4n) is 6.83.